The summed E-state index contributed by atoms with van der Waals surface area (Å²) in [5, 5.41) is 0. The zero-order valence-electron chi connectivity index (χ0n) is 15.3. The van der Waals surface area contributed by atoms with Gasteiger partial charge in [-0.2, -0.15) is 13.2 Å². The Morgan fingerprint density at radius 2 is 1.52 bits per heavy atom. The molecule has 0 aromatic heterocycles. The van der Waals surface area contributed by atoms with Gasteiger partial charge in [-0.1, -0.05) is 17.7 Å². The molecule has 1 aromatic carbocycles. The van der Waals surface area contributed by atoms with Crippen molar-refractivity contribution in [2.75, 3.05) is 21.3 Å². The van der Waals surface area contributed by atoms with Crippen LogP contribution in [0, 0.1) is 11.8 Å². The highest BCUT2D eigenvalue weighted by molar-refractivity contribution is 6.11. The van der Waals surface area contributed by atoms with Crippen molar-refractivity contribution in [2.24, 2.45) is 16.8 Å². The molecule has 3 atom stereocenters. The predicted octanol–water partition coefficient (Wildman–Crippen LogP) is 3.40. The van der Waals surface area contributed by atoms with E-state index in [9.17, 15) is 22.8 Å². The third-order valence-electron chi connectivity index (χ3n) is 4.69. The van der Waals surface area contributed by atoms with E-state index < -0.39 is 41.4 Å². The Bertz CT molecular complexity index is 781. The van der Waals surface area contributed by atoms with E-state index in [1.807, 2.05) is 0 Å². The van der Waals surface area contributed by atoms with Crippen LogP contribution in [-0.4, -0.2) is 38.9 Å². The smallest absolute Gasteiger partial charge is 0.416 e. The van der Waals surface area contributed by atoms with Crippen molar-refractivity contribution in [2.45, 2.75) is 19.0 Å². The number of benzene rings is 1. The van der Waals surface area contributed by atoms with Gasteiger partial charge in [-0.15, -0.1) is 0 Å². The lowest BCUT2D eigenvalue weighted by Gasteiger charge is -2.35. The van der Waals surface area contributed by atoms with Gasteiger partial charge in [0.2, 0.25) is 0 Å². The molecule has 0 fully saturated rings. The minimum Gasteiger partial charge on any atom is -0.469 e. The van der Waals surface area contributed by atoms with E-state index >= 15 is 0 Å². The fourth-order valence-electron chi connectivity index (χ4n) is 3.41. The second kappa shape index (κ2) is 7.94. The summed E-state index contributed by atoms with van der Waals surface area (Å²) in [7, 11) is 3.92. The van der Waals surface area contributed by atoms with Gasteiger partial charge in [0.15, 0.2) is 0 Å². The number of methoxy groups -OCH3 is 2. The van der Waals surface area contributed by atoms with Crippen LogP contribution in [0.15, 0.2) is 40.9 Å². The molecule has 146 valence electrons. The standard InChI is InChI=1S/C19H20F3NO4/c1-10-9-13(23-2)16(18(25)27-4)15(14(10)17(24)26-3)11-5-7-12(8-6-11)19(20,21)22/h5-9,14-16H,1-4H3. The summed E-state index contributed by atoms with van der Waals surface area (Å²) >= 11 is 0. The first-order chi connectivity index (χ1) is 12.6. The zero-order chi connectivity index (χ0) is 20.4. The number of aliphatic imine (C=N–C) groups is 1. The van der Waals surface area contributed by atoms with E-state index in [0.29, 0.717) is 16.8 Å². The lowest BCUT2D eigenvalue weighted by molar-refractivity contribution is -0.148. The van der Waals surface area contributed by atoms with Gasteiger partial charge < -0.3 is 9.47 Å². The van der Waals surface area contributed by atoms with Crippen LogP contribution in [0.25, 0.3) is 0 Å². The summed E-state index contributed by atoms with van der Waals surface area (Å²) in [4.78, 5) is 29.0. The summed E-state index contributed by atoms with van der Waals surface area (Å²) in [6.07, 6.45) is -2.87. The molecule has 8 heteroatoms. The minimum absolute atomic E-state index is 0.391. The molecular weight excluding hydrogens is 363 g/mol. The number of hydrogen-bond donors (Lipinski definition) is 0. The minimum atomic E-state index is -4.49. The summed E-state index contributed by atoms with van der Waals surface area (Å²) in [5.74, 6) is -3.79. The van der Waals surface area contributed by atoms with Crippen LogP contribution in [0.1, 0.15) is 24.0 Å². The SMILES string of the molecule is CN=C1C=C(C)C(C(=O)OC)C(c2ccc(C(F)(F)F)cc2)C1C(=O)OC. The third-order valence-corrected chi connectivity index (χ3v) is 4.69. The Kier molecular flexibility index (Phi) is 6.08. The Hall–Kier alpha value is -2.64. The predicted molar refractivity (Wildman–Crippen MR) is 92.3 cm³/mol. The fraction of sp³-hybridized carbons (Fsp3) is 0.421. The van der Waals surface area contributed by atoms with Crippen LogP contribution < -0.4 is 0 Å². The fourth-order valence-corrected chi connectivity index (χ4v) is 3.41. The molecule has 0 amide bonds. The molecule has 0 heterocycles. The van der Waals surface area contributed by atoms with Gasteiger partial charge in [0.25, 0.3) is 0 Å². The lowest BCUT2D eigenvalue weighted by Crippen LogP contribution is -2.41. The van der Waals surface area contributed by atoms with Gasteiger partial charge >= 0.3 is 18.1 Å². The highest BCUT2D eigenvalue weighted by Crippen LogP contribution is 2.43. The summed E-state index contributed by atoms with van der Waals surface area (Å²) < 4.78 is 48.4. The first-order valence-electron chi connectivity index (χ1n) is 8.13. The average Bonchev–Trinajstić information content (AvgIpc) is 2.65. The van der Waals surface area contributed by atoms with E-state index in [-0.39, 0.29) is 0 Å². The van der Waals surface area contributed by atoms with E-state index in [4.69, 9.17) is 9.47 Å². The van der Waals surface area contributed by atoms with Gasteiger partial charge in [0.1, 0.15) is 5.92 Å². The highest BCUT2D eigenvalue weighted by Gasteiger charge is 2.46. The second-order valence-electron chi connectivity index (χ2n) is 6.18. The highest BCUT2D eigenvalue weighted by atomic mass is 19.4. The number of carbonyl (C=O) groups excluding carboxylic acids is 2. The lowest BCUT2D eigenvalue weighted by atomic mass is 9.68. The normalized spacial score (nSPS) is 24.3. The van der Waals surface area contributed by atoms with Crippen molar-refractivity contribution in [3.05, 3.63) is 47.0 Å². The molecule has 0 radical (unpaired) electrons. The Morgan fingerprint density at radius 3 is 1.96 bits per heavy atom. The van der Waals surface area contributed by atoms with Crippen molar-refractivity contribution in [3.8, 4) is 0 Å². The molecule has 3 unspecified atom stereocenters. The maximum atomic E-state index is 12.9. The Balaban J connectivity index is 2.65. The molecule has 5 nitrogen and oxygen atoms in total. The first kappa shape index (κ1) is 20.7. The molecular formula is C19H20F3NO4. The zero-order valence-corrected chi connectivity index (χ0v) is 15.3. The molecule has 1 aliphatic rings. The van der Waals surface area contributed by atoms with Crippen molar-refractivity contribution in [1.29, 1.82) is 0 Å². The molecule has 0 saturated heterocycles. The van der Waals surface area contributed by atoms with Crippen molar-refractivity contribution in [1.82, 2.24) is 0 Å². The molecule has 0 saturated carbocycles. The summed E-state index contributed by atoms with van der Waals surface area (Å²) in [5.41, 5.74) is 0.572. The van der Waals surface area contributed by atoms with Crippen LogP contribution in [-0.2, 0) is 25.2 Å². The van der Waals surface area contributed by atoms with Crippen molar-refractivity contribution >= 4 is 17.7 Å². The summed E-state index contributed by atoms with van der Waals surface area (Å²) in [6.45, 7) is 1.69. The van der Waals surface area contributed by atoms with Crippen LogP contribution >= 0.6 is 0 Å². The quantitative estimate of drug-likeness (QED) is 0.751. The summed E-state index contributed by atoms with van der Waals surface area (Å²) in [6, 6.07) is 4.39. The van der Waals surface area contributed by atoms with Crippen LogP contribution in [0.5, 0.6) is 0 Å². The van der Waals surface area contributed by atoms with Gasteiger partial charge in [-0.05, 0) is 30.7 Å². The number of nitrogens with zero attached hydrogens (tertiary/aromatic N) is 1. The number of allylic oxidation sites excluding steroid dienone is 1. The van der Waals surface area contributed by atoms with Crippen LogP contribution in [0.3, 0.4) is 0 Å². The van der Waals surface area contributed by atoms with Gasteiger partial charge in [-0.25, -0.2) is 0 Å². The largest absolute Gasteiger partial charge is 0.469 e. The molecule has 2 rings (SSSR count). The second-order valence-corrected chi connectivity index (χ2v) is 6.18. The average molecular weight is 383 g/mol. The molecule has 0 bridgehead atoms. The maximum Gasteiger partial charge on any atom is 0.416 e. The number of esters is 2. The number of alkyl halides is 3. The molecule has 0 aliphatic heterocycles. The number of carbonyl (C=O) groups is 2. The molecule has 1 aromatic rings. The van der Waals surface area contributed by atoms with Gasteiger partial charge in [0, 0.05) is 18.7 Å². The van der Waals surface area contributed by atoms with Gasteiger partial charge in [-0.3, -0.25) is 14.6 Å². The third kappa shape index (κ3) is 4.04. The van der Waals surface area contributed by atoms with E-state index in [2.05, 4.69) is 4.99 Å². The maximum absolute atomic E-state index is 12.9. The number of rotatable bonds is 3. The molecule has 0 spiro atoms. The van der Waals surface area contributed by atoms with Crippen LogP contribution in [0.2, 0.25) is 0 Å². The van der Waals surface area contributed by atoms with E-state index in [0.717, 1.165) is 12.1 Å². The Labute approximate surface area is 154 Å². The Morgan fingerprint density at radius 1 is 1.00 bits per heavy atom. The van der Waals surface area contributed by atoms with Crippen molar-refractivity contribution < 1.29 is 32.2 Å². The van der Waals surface area contributed by atoms with Gasteiger partial charge in [0.05, 0.1) is 25.7 Å². The number of halogens is 3. The number of hydrogen-bond acceptors (Lipinski definition) is 5. The molecule has 1 aliphatic carbocycles. The van der Waals surface area contributed by atoms with E-state index in [1.54, 1.807) is 13.0 Å². The van der Waals surface area contributed by atoms with Crippen LogP contribution in [0.4, 0.5) is 13.2 Å². The number of ether oxygens (including phenoxy) is 2. The topological polar surface area (TPSA) is 65.0 Å². The van der Waals surface area contributed by atoms with Crippen molar-refractivity contribution in [3.63, 3.8) is 0 Å². The monoisotopic (exact) mass is 383 g/mol. The first-order valence-corrected chi connectivity index (χ1v) is 8.13. The molecule has 27 heavy (non-hydrogen) atoms. The molecule has 0 N–H and O–H groups in total. The van der Waals surface area contributed by atoms with E-state index in [1.165, 1.54) is 33.4 Å².